The molecule has 108 valence electrons. The van der Waals surface area contributed by atoms with Gasteiger partial charge in [-0.05, 0) is 23.6 Å². The summed E-state index contributed by atoms with van der Waals surface area (Å²) in [6.45, 7) is 0.981. The standard InChI is InChI=1S/C14H12N2O4S/c17-13(12-2-1-7-21-12)16-14(18)15-9-3-4-10-11(8-9)20-6-5-19-10/h1-4,7-8H,5-6H2,(H2,15,16,17,18). The fourth-order valence-corrected chi connectivity index (χ4v) is 2.47. The van der Waals surface area contributed by atoms with E-state index >= 15 is 0 Å². The van der Waals surface area contributed by atoms with Gasteiger partial charge in [0.05, 0.1) is 4.88 Å². The highest BCUT2D eigenvalue weighted by molar-refractivity contribution is 7.12. The normalized spacial score (nSPS) is 12.6. The van der Waals surface area contributed by atoms with E-state index in [9.17, 15) is 9.59 Å². The maximum atomic E-state index is 11.8. The van der Waals surface area contributed by atoms with Gasteiger partial charge in [-0.2, -0.15) is 0 Å². The molecule has 0 atom stereocenters. The Bertz CT molecular complexity index is 670. The van der Waals surface area contributed by atoms with Gasteiger partial charge in [0.25, 0.3) is 5.91 Å². The zero-order chi connectivity index (χ0) is 14.7. The fraction of sp³-hybridized carbons (Fsp3) is 0.143. The molecule has 1 aliphatic rings. The summed E-state index contributed by atoms with van der Waals surface area (Å²) >= 11 is 1.27. The molecule has 0 spiro atoms. The van der Waals surface area contributed by atoms with Gasteiger partial charge in [-0.15, -0.1) is 11.3 Å². The van der Waals surface area contributed by atoms with Gasteiger partial charge >= 0.3 is 6.03 Å². The second kappa shape index (κ2) is 5.84. The molecule has 2 aromatic rings. The van der Waals surface area contributed by atoms with Crippen LogP contribution in [0.25, 0.3) is 0 Å². The minimum Gasteiger partial charge on any atom is -0.486 e. The molecule has 1 aromatic carbocycles. The summed E-state index contributed by atoms with van der Waals surface area (Å²) in [6.07, 6.45) is 0. The zero-order valence-electron chi connectivity index (χ0n) is 10.9. The smallest absolute Gasteiger partial charge is 0.326 e. The zero-order valence-corrected chi connectivity index (χ0v) is 11.7. The average Bonchev–Trinajstić information content (AvgIpc) is 3.01. The molecular weight excluding hydrogens is 292 g/mol. The van der Waals surface area contributed by atoms with Crippen molar-refractivity contribution in [2.45, 2.75) is 0 Å². The molecule has 1 aliphatic heterocycles. The first-order valence-corrected chi connectivity index (χ1v) is 7.16. The number of imide groups is 1. The molecule has 7 heteroatoms. The minimum absolute atomic E-state index is 0.431. The van der Waals surface area contributed by atoms with Gasteiger partial charge in [-0.25, -0.2) is 4.79 Å². The Balaban J connectivity index is 1.63. The number of carbonyl (C=O) groups excluding carboxylic acids is 2. The molecule has 0 aliphatic carbocycles. The number of thiophene rings is 1. The van der Waals surface area contributed by atoms with Crippen LogP contribution in [0, 0.1) is 0 Å². The van der Waals surface area contributed by atoms with Gasteiger partial charge in [-0.3, -0.25) is 10.1 Å². The van der Waals surface area contributed by atoms with E-state index in [1.165, 1.54) is 11.3 Å². The Morgan fingerprint density at radius 1 is 1.10 bits per heavy atom. The average molecular weight is 304 g/mol. The molecule has 3 rings (SSSR count). The predicted molar refractivity (Wildman–Crippen MR) is 78.2 cm³/mol. The molecule has 0 radical (unpaired) electrons. The van der Waals surface area contributed by atoms with Crippen LogP contribution in [0.5, 0.6) is 11.5 Å². The fourth-order valence-electron chi connectivity index (χ4n) is 1.86. The number of carbonyl (C=O) groups is 2. The third kappa shape index (κ3) is 3.14. The predicted octanol–water partition coefficient (Wildman–Crippen LogP) is 2.48. The molecule has 0 saturated carbocycles. The molecule has 1 aromatic heterocycles. The van der Waals surface area contributed by atoms with Crippen molar-refractivity contribution in [1.29, 1.82) is 0 Å². The second-order valence-electron chi connectivity index (χ2n) is 4.24. The topological polar surface area (TPSA) is 76.7 Å². The Morgan fingerprint density at radius 3 is 2.67 bits per heavy atom. The largest absolute Gasteiger partial charge is 0.486 e. The van der Waals surface area contributed by atoms with E-state index in [4.69, 9.17) is 9.47 Å². The molecule has 2 N–H and O–H groups in total. The van der Waals surface area contributed by atoms with Gasteiger partial charge in [0, 0.05) is 11.8 Å². The summed E-state index contributed by atoms with van der Waals surface area (Å²) in [5, 5.41) is 6.61. The van der Waals surface area contributed by atoms with E-state index in [1.54, 1.807) is 35.7 Å². The Kier molecular flexibility index (Phi) is 3.74. The summed E-state index contributed by atoms with van der Waals surface area (Å²) in [4.78, 5) is 24.0. The lowest BCUT2D eigenvalue weighted by molar-refractivity contribution is 0.0971. The van der Waals surface area contributed by atoms with E-state index in [2.05, 4.69) is 10.6 Å². The summed E-state index contributed by atoms with van der Waals surface area (Å²) in [5.74, 6) is 0.783. The van der Waals surface area contributed by atoms with Crippen LogP contribution in [0.15, 0.2) is 35.7 Å². The summed E-state index contributed by atoms with van der Waals surface area (Å²) in [5.41, 5.74) is 0.524. The Hall–Kier alpha value is -2.54. The molecule has 3 amide bonds. The Labute approximate surface area is 124 Å². The van der Waals surface area contributed by atoms with Crippen LogP contribution >= 0.6 is 11.3 Å². The molecule has 0 unspecified atom stereocenters. The van der Waals surface area contributed by atoms with Crippen molar-refractivity contribution in [2.24, 2.45) is 0 Å². The quantitative estimate of drug-likeness (QED) is 0.893. The van der Waals surface area contributed by atoms with Crippen molar-refractivity contribution in [2.75, 3.05) is 18.5 Å². The van der Waals surface area contributed by atoms with E-state index < -0.39 is 11.9 Å². The second-order valence-corrected chi connectivity index (χ2v) is 5.19. The van der Waals surface area contributed by atoms with E-state index in [0.29, 0.717) is 35.3 Å². The molecular formula is C14H12N2O4S. The van der Waals surface area contributed by atoms with Crippen molar-refractivity contribution < 1.29 is 19.1 Å². The van der Waals surface area contributed by atoms with E-state index in [-0.39, 0.29) is 0 Å². The lowest BCUT2D eigenvalue weighted by Crippen LogP contribution is -2.33. The number of hydrogen-bond acceptors (Lipinski definition) is 5. The van der Waals surface area contributed by atoms with Crippen LogP contribution in [0.3, 0.4) is 0 Å². The van der Waals surface area contributed by atoms with Crippen molar-refractivity contribution in [3.8, 4) is 11.5 Å². The van der Waals surface area contributed by atoms with Crippen LogP contribution in [0.2, 0.25) is 0 Å². The first-order valence-electron chi connectivity index (χ1n) is 6.28. The maximum Gasteiger partial charge on any atom is 0.326 e. The number of hydrogen-bond donors (Lipinski definition) is 2. The van der Waals surface area contributed by atoms with Gasteiger partial charge in [0.15, 0.2) is 11.5 Å². The lowest BCUT2D eigenvalue weighted by Gasteiger charge is -2.18. The number of amides is 3. The lowest BCUT2D eigenvalue weighted by atomic mass is 10.2. The number of benzene rings is 1. The van der Waals surface area contributed by atoms with Crippen LogP contribution in [-0.4, -0.2) is 25.2 Å². The summed E-state index contributed by atoms with van der Waals surface area (Å²) in [6, 6.07) is 7.86. The minimum atomic E-state index is -0.593. The highest BCUT2D eigenvalue weighted by Gasteiger charge is 2.14. The van der Waals surface area contributed by atoms with Crippen molar-refractivity contribution >= 4 is 29.0 Å². The SMILES string of the molecule is O=C(NC(=O)c1cccs1)Nc1ccc2c(c1)OCCO2. The molecule has 2 heterocycles. The molecule has 0 bridgehead atoms. The van der Waals surface area contributed by atoms with Crippen LogP contribution in [0.1, 0.15) is 9.67 Å². The monoisotopic (exact) mass is 304 g/mol. The van der Waals surface area contributed by atoms with Gasteiger partial charge < -0.3 is 14.8 Å². The number of ether oxygens (including phenoxy) is 2. The molecule has 0 saturated heterocycles. The van der Waals surface area contributed by atoms with Crippen LogP contribution in [0.4, 0.5) is 10.5 Å². The number of nitrogens with one attached hydrogen (secondary N) is 2. The van der Waals surface area contributed by atoms with Crippen molar-refractivity contribution in [3.63, 3.8) is 0 Å². The van der Waals surface area contributed by atoms with Gasteiger partial charge in [0.2, 0.25) is 0 Å². The van der Waals surface area contributed by atoms with E-state index in [1.807, 2.05) is 0 Å². The van der Waals surface area contributed by atoms with Crippen LogP contribution < -0.4 is 20.1 Å². The highest BCUT2D eigenvalue weighted by atomic mass is 32.1. The third-order valence-electron chi connectivity index (χ3n) is 2.77. The van der Waals surface area contributed by atoms with Crippen molar-refractivity contribution in [1.82, 2.24) is 5.32 Å². The first kappa shape index (κ1) is 13.4. The van der Waals surface area contributed by atoms with Crippen molar-refractivity contribution in [3.05, 3.63) is 40.6 Å². The molecule has 21 heavy (non-hydrogen) atoms. The van der Waals surface area contributed by atoms with E-state index in [0.717, 1.165) is 0 Å². The molecule has 0 fully saturated rings. The van der Waals surface area contributed by atoms with Crippen LogP contribution in [-0.2, 0) is 0 Å². The first-order chi connectivity index (χ1) is 10.2. The number of rotatable bonds is 2. The maximum absolute atomic E-state index is 11.8. The number of fused-ring (bicyclic) bond motifs is 1. The van der Waals surface area contributed by atoms with Gasteiger partial charge in [-0.1, -0.05) is 6.07 Å². The van der Waals surface area contributed by atoms with Gasteiger partial charge in [0.1, 0.15) is 13.2 Å². The highest BCUT2D eigenvalue weighted by Crippen LogP contribution is 2.32. The summed E-state index contributed by atoms with van der Waals surface area (Å²) in [7, 11) is 0. The number of urea groups is 1. The third-order valence-corrected chi connectivity index (χ3v) is 3.64. The Morgan fingerprint density at radius 2 is 1.90 bits per heavy atom. The molecule has 6 nitrogen and oxygen atoms in total. The summed E-state index contributed by atoms with van der Waals surface area (Å²) < 4.78 is 10.8. The number of anilines is 1.